The second kappa shape index (κ2) is 10.00. The quantitative estimate of drug-likeness (QED) is 0.391. The van der Waals surface area contributed by atoms with E-state index in [1.54, 1.807) is 0 Å². The second-order valence-electron chi connectivity index (χ2n) is 0.283. The number of hydrogen-bond acceptors (Lipinski definition) is 1. The molecule has 0 saturated carbocycles. The Morgan fingerprint density at radius 2 is 1.33 bits per heavy atom. The Labute approximate surface area is 92.5 Å². The Kier molecular flexibility index (Phi) is 26.1. The number of rotatable bonds is 0. The van der Waals surface area contributed by atoms with Gasteiger partial charge in [-0.3, -0.25) is 4.46 Å². The molecule has 0 unspecified atom stereocenters. The van der Waals surface area contributed by atoms with Gasteiger partial charge in [0.05, 0.1) is 0 Å². The van der Waals surface area contributed by atoms with Crippen molar-refractivity contribution in [2.45, 2.75) is 0 Å². The monoisotopic (exact) mass is 190 g/mol. The average molecular weight is 191 g/mol. The first-order valence-electron chi connectivity index (χ1n) is 0.651. The fourth-order valence-corrected chi connectivity index (χ4v) is 0. The molecular weight excluding hydrogens is 185 g/mol. The first-order valence-corrected chi connectivity index (χ1v) is 1.95. The molecule has 0 aromatic rings. The molecular formula is H6GaKO3Si. The third-order valence-electron chi connectivity index (χ3n) is 0. The van der Waals surface area contributed by atoms with Crippen molar-refractivity contribution in [1.29, 1.82) is 0 Å². The van der Waals surface area contributed by atoms with E-state index < -0.39 is 9.17 Å². The molecule has 0 atom stereocenters. The fraction of sp³-hybridized carbons (Fsp3) is 0. The standard InChI is InChI=1S/Ga.K.H2O3Si.4H/c;;1-4(2)3;;;;/h;;1-2H;;;;. The Morgan fingerprint density at radius 1 is 1.33 bits per heavy atom. The summed E-state index contributed by atoms with van der Waals surface area (Å²) in [6, 6.07) is 0. The van der Waals surface area contributed by atoms with Crippen LogP contribution >= 0.6 is 0 Å². The molecule has 0 rings (SSSR count). The van der Waals surface area contributed by atoms with Crippen LogP contribution in [0, 0.1) is 0 Å². The Morgan fingerprint density at radius 3 is 1.33 bits per heavy atom. The molecule has 3 nitrogen and oxygen atoms in total. The normalized spacial score (nSPS) is 4.00. The minimum atomic E-state index is -3.13. The van der Waals surface area contributed by atoms with Crippen molar-refractivity contribution in [2.75, 3.05) is 0 Å². The zero-order chi connectivity index (χ0) is 3.58. The van der Waals surface area contributed by atoms with Crippen LogP contribution in [0.1, 0.15) is 0 Å². The molecule has 0 radical (unpaired) electrons. The summed E-state index contributed by atoms with van der Waals surface area (Å²) in [5.74, 6) is 0. The predicted molar refractivity (Wildman–Crippen MR) is 28.0 cm³/mol. The molecule has 0 aliphatic heterocycles. The Balaban J connectivity index is -0.0000000450. The molecule has 0 fully saturated rings. The van der Waals surface area contributed by atoms with Crippen LogP contribution in [-0.2, 0) is 4.46 Å². The summed E-state index contributed by atoms with van der Waals surface area (Å²) in [4.78, 5) is 14.3. The summed E-state index contributed by atoms with van der Waals surface area (Å²) in [5.41, 5.74) is 0. The van der Waals surface area contributed by atoms with Crippen molar-refractivity contribution >= 4 is 80.3 Å². The van der Waals surface area contributed by atoms with Crippen molar-refractivity contribution < 1.29 is 14.1 Å². The Bertz CT molecular complexity index is 33.8. The zero-order valence-electron chi connectivity index (χ0n) is 1.80. The van der Waals surface area contributed by atoms with E-state index in [2.05, 4.69) is 0 Å². The molecule has 0 aliphatic rings. The third kappa shape index (κ3) is 39.4. The van der Waals surface area contributed by atoms with Crippen LogP contribution in [0.2, 0.25) is 0 Å². The molecule has 2 N–H and O–H groups in total. The summed E-state index contributed by atoms with van der Waals surface area (Å²) < 4.78 is 8.74. The zero-order valence-corrected chi connectivity index (χ0v) is 2.80. The van der Waals surface area contributed by atoms with E-state index in [1.807, 2.05) is 0 Å². The molecule has 0 heterocycles. The first-order chi connectivity index (χ1) is 1.73. The van der Waals surface area contributed by atoms with Crippen LogP contribution in [0.25, 0.3) is 0 Å². The molecule has 0 aromatic heterocycles. The topological polar surface area (TPSA) is 57.5 Å². The van der Waals surface area contributed by atoms with Gasteiger partial charge >= 0.3 is 80.3 Å². The molecule has 0 amide bonds. The van der Waals surface area contributed by atoms with Gasteiger partial charge < -0.3 is 9.59 Å². The molecule has 32 valence electrons. The van der Waals surface area contributed by atoms with Crippen LogP contribution in [0.15, 0.2) is 0 Å². The van der Waals surface area contributed by atoms with E-state index in [-0.39, 0.29) is 71.2 Å². The van der Waals surface area contributed by atoms with Gasteiger partial charge in [-0.25, -0.2) is 0 Å². The van der Waals surface area contributed by atoms with Crippen molar-refractivity contribution in [3.63, 3.8) is 0 Å². The molecule has 0 saturated heterocycles. The summed E-state index contributed by atoms with van der Waals surface area (Å²) in [6.45, 7) is 0. The first kappa shape index (κ1) is 15.7. The van der Waals surface area contributed by atoms with Crippen LogP contribution in [0.5, 0.6) is 0 Å². The second-order valence-corrected chi connectivity index (χ2v) is 0.848. The van der Waals surface area contributed by atoms with E-state index in [4.69, 9.17) is 14.1 Å². The van der Waals surface area contributed by atoms with Crippen LogP contribution in [-0.4, -0.2) is 89.9 Å². The predicted octanol–water partition coefficient (Wildman–Crippen LogP) is -3.45. The molecule has 0 aliphatic carbocycles. The maximum atomic E-state index is 8.74. The third-order valence-corrected chi connectivity index (χ3v) is 0. The summed E-state index contributed by atoms with van der Waals surface area (Å²) in [7, 11) is -3.13. The van der Waals surface area contributed by atoms with Gasteiger partial charge in [0.15, 0.2) is 0 Å². The number of hydrogen-bond donors (Lipinski definition) is 2. The van der Waals surface area contributed by atoms with Crippen LogP contribution in [0.4, 0.5) is 0 Å². The maximum absolute atomic E-state index is 8.74. The fourth-order valence-electron chi connectivity index (χ4n) is 0. The molecule has 0 spiro atoms. The molecule has 0 aromatic carbocycles. The van der Waals surface area contributed by atoms with E-state index in [1.165, 1.54) is 0 Å². The van der Waals surface area contributed by atoms with Gasteiger partial charge in [0.1, 0.15) is 0 Å². The van der Waals surface area contributed by atoms with Crippen molar-refractivity contribution in [3.8, 4) is 0 Å². The van der Waals surface area contributed by atoms with E-state index in [0.717, 1.165) is 0 Å². The molecule has 6 heavy (non-hydrogen) atoms. The summed E-state index contributed by atoms with van der Waals surface area (Å²) in [5, 5.41) is 0. The van der Waals surface area contributed by atoms with Gasteiger partial charge in [-0.2, -0.15) is 0 Å². The van der Waals surface area contributed by atoms with Gasteiger partial charge in [-0.1, -0.05) is 0 Å². The van der Waals surface area contributed by atoms with Crippen LogP contribution in [0.3, 0.4) is 0 Å². The molecule has 6 heteroatoms. The summed E-state index contributed by atoms with van der Waals surface area (Å²) >= 11 is 0. The average Bonchev–Trinajstić information content (AvgIpc) is 0.811. The van der Waals surface area contributed by atoms with Gasteiger partial charge in [0.25, 0.3) is 0 Å². The van der Waals surface area contributed by atoms with Crippen molar-refractivity contribution in [3.05, 3.63) is 0 Å². The minimum absolute atomic E-state index is 0. The van der Waals surface area contributed by atoms with E-state index >= 15 is 0 Å². The molecule has 0 bridgehead atoms. The summed E-state index contributed by atoms with van der Waals surface area (Å²) in [6.07, 6.45) is 0. The van der Waals surface area contributed by atoms with Crippen LogP contribution < -0.4 is 0 Å². The van der Waals surface area contributed by atoms with Gasteiger partial charge in [-0.15, -0.1) is 0 Å². The van der Waals surface area contributed by atoms with Gasteiger partial charge in [-0.05, 0) is 0 Å². The van der Waals surface area contributed by atoms with Gasteiger partial charge in [0, 0.05) is 0 Å². The van der Waals surface area contributed by atoms with Gasteiger partial charge in [0.2, 0.25) is 0 Å². The van der Waals surface area contributed by atoms with Crippen molar-refractivity contribution in [1.82, 2.24) is 0 Å². The van der Waals surface area contributed by atoms with E-state index in [0.29, 0.717) is 0 Å². The van der Waals surface area contributed by atoms with E-state index in [9.17, 15) is 0 Å². The SMILES string of the molecule is O=[Si](O)O.[GaH3].[KH]. The Hall–Kier alpha value is 1.89. The van der Waals surface area contributed by atoms with Crippen molar-refractivity contribution in [2.24, 2.45) is 0 Å².